The first-order valence-corrected chi connectivity index (χ1v) is 2.94. The highest BCUT2D eigenvalue weighted by Crippen LogP contribution is 2.04. The number of aromatic nitrogens is 2. The summed E-state index contributed by atoms with van der Waals surface area (Å²) in [6, 6.07) is 0. The second-order valence-corrected chi connectivity index (χ2v) is 2.02. The minimum Gasteiger partial charge on any atom is -0.397 e. The molecular weight excluding hydrogens is 126 g/mol. The Morgan fingerprint density at radius 2 is 2.10 bits per heavy atom. The average molecular weight is 135 g/mol. The Bertz CT molecular complexity index is 255. The van der Waals surface area contributed by atoms with Gasteiger partial charge in [-0.15, -0.1) is 0 Å². The van der Waals surface area contributed by atoms with Gasteiger partial charge in [0.2, 0.25) is 0 Å². The zero-order valence-electron chi connectivity index (χ0n) is 5.83. The number of rotatable bonds is 1. The molecule has 0 radical (unpaired) electrons. The average Bonchev–Trinajstić information content (AvgIpc) is 1.88. The summed E-state index contributed by atoms with van der Waals surface area (Å²) in [7, 11) is 0. The molecule has 0 saturated carbocycles. The van der Waals surface area contributed by atoms with Crippen molar-refractivity contribution in [2.45, 2.75) is 6.92 Å². The highest BCUT2D eigenvalue weighted by Gasteiger charge is 1.98. The van der Waals surface area contributed by atoms with E-state index in [-0.39, 0.29) is 0 Å². The molecule has 3 heteroatoms. The van der Waals surface area contributed by atoms with Crippen molar-refractivity contribution in [2.75, 3.05) is 0 Å². The fraction of sp³-hybridized carbons (Fsp3) is 0.143. The molecule has 0 aliphatic rings. The van der Waals surface area contributed by atoms with Crippen LogP contribution in [0.25, 0.3) is 5.70 Å². The molecule has 1 aromatic rings. The molecule has 1 aromatic heterocycles. The molecule has 52 valence electrons. The van der Waals surface area contributed by atoms with Crippen molar-refractivity contribution in [1.29, 1.82) is 0 Å². The van der Waals surface area contributed by atoms with Crippen molar-refractivity contribution < 1.29 is 0 Å². The SMILES string of the molecule is C=C(N)c1nccnc1C. The lowest BCUT2D eigenvalue weighted by molar-refractivity contribution is 1.08. The minimum atomic E-state index is 0.464. The van der Waals surface area contributed by atoms with Gasteiger partial charge in [0.25, 0.3) is 0 Å². The Hall–Kier alpha value is -1.38. The van der Waals surface area contributed by atoms with Crippen LogP contribution in [-0.2, 0) is 0 Å². The van der Waals surface area contributed by atoms with Crippen LogP contribution < -0.4 is 5.73 Å². The number of nitrogens with zero attached hydrogens (tertiary/aromatic N) is 2. The first kappa shape index (κ1) is 6.74. The van der Waals surface area contributed by atoms with Gasteiger partial charge in [-0.3, -0.25) is 9.97 Å². The van der Waals surface area contributed by atoms with Crippen LogP contribution in [0.15, 0.2) is 19.0 Å². The molecule has 3 nitrogen and oxygen atoms in total. The minimum absolute atomic E-state index is 0.464. The molecule has 1 rings (SSSR count). The molecule has 0 amide bonds. The highest BCUT2D eigenvalue weighted by molar-refractivity contribution is 5.57. The van der Waals surface area contributed by atoms with Crippen LogP contribution >= 0.6 is 0 Å². The first-order chi connectivity index (χ1) is 4.72. The molecule has 0 saturated heterocycles. The van der Waals surface area contributed by atoms with E-state index in [2.05, 4.69) is 16.5 Å². The molecule has 0 unspecified atom stereocenters. The normalized spacial score (nSPS) is 9.30. The predicted molar refractivity (Wildman–Crippen MR) is 40.0 cm³/mol. The Kier molecular flexibility index (Phi) is 1.67. The second kappa shape index (κ2) is 2.47. The molecule has 0 aromatic carbocycles. The van der Waals surface area contributed by atoms with Gasteiger partial charge in [0.1, 0.15) is 5.69 Å². The van der Waals surface area contributed by atoms with E-state index in [4.69, 9.17) is 5.73 Å². The lowest BCUT2D eigenvalue weighted by Gasteiger charge is -1.99. The predicted octanol–water partition coefficient (Wildman–Crippen LogP) is 0.714. The van der Waals surface area contributed by atoms with Crippen LogP contribution in [0.3, 0.4) is 0 Å². The summed E-state index contributed by atoms with van der Waals surface area (Å²) in [4.78, 5) is 7.99. The molecule has 10 heavy (non-hydrogen) atoms. The van der Waals surface area contributed by atoms with Gasteiger partial charge >= 0.3 is 0 Å². The van der Waals surface area contributed by atoms with Crippen LogP contribution in [0.2, 0.25) is 0 Å². The smallest absolute Gasteiger partial charge is 0.106 e. The van der Waals surface area contributed by atoms with Gasteiger partial charge in [-0.25, -0.2) is 0 Å². The third-order valence-electron chi connectivity index (χ3n) is 1.19. The summed E-state index contributed by atoms with van der Waals surface area (Å²) in [6.07, 6.45) is 3.22. The molecule has 0 spiro atoms. The van der Waals surface area contributed by atoms with Crippen molar-refractivity contribution in [3.63, 3.8) is 0 Å². The third-order valence-corrected chi connectivity index (χ3v) is 1.19. The van der Waals surface area contributed by atoms with Gasteiger partial charge in [0.15, 0.2) is 0 Å². The van der Waals surface area contributed by atoms with E-state index in [1.54, 1.807) is 12.4 Å². The van der Waals surface area contributed by atoms with E-state index in [1.165, 1.54) is 0 Å². The topological polar surface area (TPSA) is 51.8 Å². The van der Waals surface area contributed by atoms with Crippen molar-refractivity contribution >= 4 is 5.70 Å². The van der Waals surface area contributed by atoms with Crippen molar-refractivity contribution in [1.82, 2.24) is 9.97 Å². The van der Waals surface area contributed by atoms with E-state index in [0.29, 0.717) is 11.4 Å². The maximum Gasteiger partial charge on any atom is 0.106 e. The maximum absolute atomic E-state index is 5.42. The van der Waals surface area contributed by atoms with Crippen molar-refractivity contribution in [3.8, 4) is 0 Å². The molecule has 0 atom stereocenters. The van der Waals surface area contributed by atoms with E-state index in [1.807, 2.05) is 6.92 Å². The standard InChI is InChI=1S/C7H9N3/c1-5(8)7-6(2)9-3-4-10-7/h3-4H,1,8H2,2H3. The molecule has 0 fully saturated rings. The molecule has 0 aliphatic carbocycles. The lowest BCUT2D eigenvalue weighted by Crippen LogP contribution is -2.00. The number of aryl methyl sites for hydroxylation is 1. The van der Waals surface area contributed by atoms with E-state index >= 15 is 0 Å². The van der Waals surface area contributed by atoms with Gasteiger partial charge in [-0.1, -0.05) is 6.58 Å². The third kappa shape index (κ3) is 1.13. The van der Waals surface area contributed by atoms with E-state index < -0.39 is 0 Å². The summed E-state index contributed by atoms with van der Waals surface area (Å²) in [5.74, 6) is 0. The van der Waals surface area contributed by atoms with Gasteiger partial charge < -0.3 is 5.73 Å². The summed E-state index contributed by atoms with van der Waals surface area (Å²) in [5.41, 5.74) is 7.38. The van der Waals surface area contributed by atoms with Crippen LogP contribution in [0.1, 0.15) is 11.4 Å². The monoisotopic (exact) mass is 135 g/mol. The van der Waals surface area contributed by atoms with Crippen LogP contribution in [0.4, 0.5) is 0 Å². The zero-order valence-corrected chi connectivity index (χ0v) is 5.83. The zero-order chi connectivity index (χ0) is 7.56. The Balaban J connectivity index is 3.15. The molecule has 0 aliphatic heterocycles. The Morgan fingerprint density at radius 3 is 2.50 bits per heavy atom. The quantitative estimate of drug-likeness (QED) is 0.617. The van der Waals surface area contributed by atoms with Gasteiger partial charge in [0, 0.05) is 12.4 Å². The van der Waals surface area contributed by atoms with Gasteiger partial charge in [-0.05, 0) is 6.92 Å². The van der Waals surface area contributed by atoms with Gasteiger partial charge in [-0.2, -0.15) is 0 Å². The second-order valence-electron chi connectivity index (χ2n) is 2.02. The van der Waals surface area contributed by atoms with Crippen LogP contribution in [0.5, 0.6) is 0 Å². The van der Waals surface area contributed by atoms with E-state index in [0.717, 1.165) is 5.69 Å². The first-order valence-electron chi connectivity index (χ1n) is 2.94. The summed E-state index contributed by atoms with van der Waals surface area (Å²) in [5, 5.41) is 0. The number of nitrogens with two attached hydrogens (primary N) is 1. The van der Waals surface area contributed by atoms with Crippen molar-refractivity contribution in [3.05, 3.63) is 30.4 Å². The Morgan fingerprint density at radius 1 is 1.50 bits per heavy atom. The summed E-state index contributed by atoms with van der Waals surface area (Å²) < 4.78 is 0. The van der Waals surface area contributed by atoms with E-state index in [9.17, 15) is 0 Å². The van der Waals surface area contributed by atoms with Crippen molar-refractivity contribution in [2.24, 2.45) is 5.73 Å². The van der Waals surface area contributed by atoms with Crippen LogP contribution in [0, 0.1) is 6.92 Å². The molecule has 2 N–H and O–H groups in total. The number of hydrogen-bond acceptors (Lipinski definition) is 3. The largest absolute Gasteiger partial charge is 0.397 e. The molecule has 0 bridgehead atoms. The van der Waals surface area contributed by atoms with Crippen LogP contribution in [-0.4, -0.2) is 9.97 Å². The lowest BCUT2D eigenvalue weighted by atomic mass is 10.3. The summed E-state index contributed by atoms with van der Waals surface area (Å²) in [6.45, 7) is 5.41. The highest BCUT2D eigenvalue weighted by atomic mass is 14.8. The number of hydrogen-bond donors (Lipinski definition) is 1. The maximum atomic E-state index is 5.42. The Labute approximate surface area is 59.6 Å². The fourth-order valence-electron chi connectivity index (χ4n) is 0.723. The summed E-state index contributed by atoms with van der Waals surface area (Å²) >= 11 is 0. The molecule has 1 heterocycles. The fourth-order valence-corrected chi connectivity index (χ4v) is 0.723. The van der Waals surface area contributed by atoms with Gasteiger partial charge in [0.05, 0.1) is 11.4 Å². The molecular formula is C7H9N3.